The van der Waals surface area contributed by atoms with E-state index in [0.29, 0.717) is 6.54 Å². The number of rotatable bonds is 5. The second kappa shape index (κ2) is 7.04. The molecule has 1 aliphatic rings. The van der Waals surface area contributed by atoms with Gasteiger partial charge >= 0.3 is 0 Å². The molecule has 0 bridgehead atoms. The molecular weight excluding hydrogens is 272 g/mol. The van der Waals surface area contributed by atoms with E-state index in [2.05, 4.69) is 34.5 Å². The third-order valence-corrected chi connectivity index (χ3v) is 4.65. The molecule has 2 N–H and O–H groups in total. The fourth-order valence-corrected chi connectivity index (χ4v) is 3.02. The first kappa shape index (κ1) is 15.3. The molecule has 112 valence electrons. The molecule has 5 nitrogen and oxygen atoms in total. The number of aryl methyl sites for hydroxylation is 1. The van der Waals surface area contributed by atoms with Gasteiger partial charge in [-0.1, -0.05) is 6.92 Å². The van der Waals surface area contributed by atoms with E-state index >= 15 is 0 Å². The number of thiazole rings is 1. The summed E-state index contributed by atoms with van der Waals surface area (Å²) < 4.78 is 5.76. The van der Waals surface area contributed by atoms with Crippen LogP contribution in [0.1, 0.15) is 36.6 Å². The Bertz CT molecular complexity index is 452. The van der Waals surface area contributed by atoms with Gasteiger partial charge < -0.3 is 15.4 Å². The van der Waals surface area contributed by atoms with E-state index in [0.717, 1.165) is 43.4 Å². The predicted molar refractivity (Wildman–Crippen MR) is 83.3 cm³/mol. The van der Waals surface area contributed by atoms with Crippen LogP contribution in [-0.2, 0) is 17.7 Å². The van der Waals surface area contributed by atoms with Gasteiger partial charge in [0.2, 0.25) is 0 Å². The van der Waals surface area contributed by atoms with Crippen molar-refractivity contribution in [2.75, 3.05) is 20.2 Å². The molecule has 2 heterocycles. The Morgan fingerprint density at radius 2 is 2.40 bits per heavy atom. The second-order valence-corrected chi connectivity index (χ2v) is 6.45. The summed E-state index contributed by atoms with van der Waals surface area (Å²) in [6.45, 7) is 6.65. The predicted octanol–water partition coefficient (Wildman–Crippen LogP) is 1.94. The molecule has 1 aliphatic heterocycles. The Kier molecular flexibility index (Phi) is 5.37. The third kappa shape index (κ3) is 4.18. The van der Waals surface area contributed by atoms with Gasteiger partial charge in [-0.2, -0.15) is 0 Å². The highest BCUT2D eigenvalue weighted by atomic mass is 32.1. The monoisotopic (exact) mass is 296 g/mol. The Balaban J connectivity index is 1.77. The van der Waals surface area contributed by atoms with Gasteiger partial charge in [0.25, 0.3) is 0 Å². The summed E-state index contributed by atoms with van der Waals surface area (Å²) in [5.41, 5.74) is -0.0613. The standard InChI is InChI=1S/C14H24N4OS/c1-4-11-8-16-12(20-11)9-17-13(15-3)18-10-14(2)6-5-7-19-14/h8H,4-7,9-10H2,1-3H3,(H2,15,17,18). The number of nitrogens with one attached hydrogen (secondary N) is 2. The minimum absolute atomic E-state index is 0.0613. The van der Waals surface area contributed by atoms with Crippen molar-refractivity contribution in [3.63, 3.8) is 0 Å². The van der Waals surface area contributed by atoms with E-state index in [9.17, 15) is 0 Å². The van der Waals surface area contributed by atoms with Crippen molar-refractivity contribution in [2.45, 2.75) is 45.3 Å². The Morgan fingerprint density at radius 3 is 3.00 bits per heavy atom. The lowest BCUT2D eigenvalue weighted by Gasteiger charge is -2.24. The van der Waals surface area contributed by atoms with Gasteiger partial charge in [-0.15, -0.1) is 11.3 Å². The Hall–Kier alpha value is -1.14. The topological polar surface area (TPSA) is 58.5 Å². The lowest BCUT2D eigenvalue weighted by molar-refractivity contribution is 0.0243. The molecule has 0 saturated carbocycles. The van der Waals surface area contributed by atoms with E-state index < -0.39 is 0 Å². The quantitative estimate of drug-likeness (QED) is 0.644. The van der Waals surface area contributed by atoms with Crippen molar-refractivity contribution in [3.8, 4) is 0 Å². The fourth-order valence-electron chi connectivity index (χ4n) is 2.22. The molecule has 1 aromatic rings. The molecule has 6 heteroatoms. The van der Waals surface area contributed by atoms with Crippen molar-refractivity contribution < 1.29 is 4.74 Å². The molecule has 0 amide bonds. The Morgan fingerprint density at radius 1 is 1.55 bits per heavy atom. The fraction of sp³-hybridized carbons (Fsp3) is 0.714. The highest BCUT2D eigenvalue weighted by Gasteiger charge is 2.29. The van der Waals surface area contributed by atoms with Crippen molar-refractivity contribution >= 4 is 17.3 Å². The number of hydrogen-bond donors (Lipinski definition) is 2. The zero-order valence-corrected chi connectivity index (χ0v) is 13.3. The Labute approximate surface area is 124 Å². The first-order chi connectivity index (χ1) is 9.65. The van der Waals surface area contributed by atoms with Crippen molar-refractivity contribution in [1.82, 2.24) is 15.6 Å². The number of hydrogen-bond acceptors (Lipinski definition) is 4. The number of aliphatic imine (C=N–C) groups is 1. The lowest BCUT2D eigenvalue weighted by Crippen LogP contribution is -2.45. The van der Waals surface area contributed by atoms with E-state index in [1.54, 1.807) is 18.4 Å². The summed E-state index contributed by atoms with van der Waals surface area (Å²) >= 11 is 1.75. The lowest BCUT2D eigenvalue weighted by atomic mass is 10.0. The van der Waals surface area contributed by atoms with Gasteiger partial charge in [0.1, 0.15) is 5.01 Å². The van der Waals surface area contributed by atoms with Crippen LogP contribution < -0.4 is 10.6 Å². The van der Waals surface area contributed by atoms with E-state index in [1.807, 2.05) is 6.20 Å². The summed E-state index contributed by atoms with van der Waals surface area (Å²) in [4.78, 5) is 9.95. The van der Waals surface area contributed by atoms with Crippen LogP contribution in [0.25, 0.3) is 0 Å². The molecule has 1 aromatic heterocycles. The summed E-state index contributed by atoms with van der Waals surface area (Å²) in [6.07, 6.45) is 5.23. The van der Waals surface area contributed by atoms with Gasteiger partial charge in [-0.05, 0) is 26.2 Å². The summed E-state index contributed by atoms with van der Waals surface area (Å²) in [5.74, 6) is 0.801. The zero-order valence-electron chi connectivity index (χ0n) is 12.5. The van der Waals surface area contributed by atoms with E-state index in [4.69, 9.17) is 4.74 Å². The molecule has 1 saturated heterocycles. The smallest absolute Gasteiger partial charge is 0.191 e. The van der Waals surface area contributed by atoms with Crippen molar-refractivity contribution in [2.24, 2.45) is 4.99 Å². The molecular formula is C14H24N4OS. The molecule has 0 aliphatic carbocycles. The maximum Gasteiger partial charge on any atom is 0.191 e. The van der Waals surface area contributed by atoms with Gasteiger partial charge in [0, 0.05) is 31.3 Å². The molecule has 1 fully saturated rings. The van der Waals surface area contributed by atoms with Crippen molar-refractivity contribution in [1.29, 1.82) is 0 Å². The van der Waals surface area contributed by atoms with Gasteiger partial charge in [0.05, 0.1) is 12.1 Å². The molecule has 1 atom stereocenters. The van der Waals surface area contributed by atoms with Crippen LogP contribution in [0.2, 0.25) is 0 Å². The molecule has 0 radical (unpaired) electrons. The van der Waals surface area contributed by atoms with Crippen LogP contribution in [0.4, 0.5) is 0 Å². The normalized spacial score (nSPS) is 23.1. The van der Waals surface area contributed by atoms with Gasteiger partial charge in [0.15, 0.2) is 5.96 Å². The number of aromatic nitrogens is 1. The van der Waals surface area contributed by atoms with Crippen LogP contribution in [0.5, 0.6) is 0 Å². The third-order valence-electron chi connectivity index (χ3n) is 3.51. The minimum Gasteiger partial charge on any atom is -0.373 e. The molecule has 0 spiro atoms. The second-order valence-electron chi connectivity index (χ2n) is 5.26. The maximum atomic E-state index is 5.76. The highest BCUT2D eigenvalue weighted by molar-refractivity contribution is 7.11. The van der Waals surface area contributed by atoms with Crippen LogP contribution in [0.3, 0.4) is 0 Å². The van der Waals surface area contributed by atoms with Crippen LogP contribution in [-0.4, -0.2) is 36.7 Å². The van der Waals surface area contributed by atoms with E-state index in [1.165, 1.54) is 4.88 Å². The van der Waals surface area contributed by atoms with Gasteiger partial charge in [-0.3, -0.25) is 4.99 Å². The number of nitrogens with zero attached hydrogens (tertiary/aromatic N) is 2. The minimum atomic E-state index is -0.0613. The first-order valence-corrected chi connectivity index (χ1v) is 7.99. The number of ether oxygens (including phenoxy) is 1. The molecule has 1 unspecified atom stereocenters. The van der Waals surface area contributed by atoms with Crippen molar-refractivity contribution in [3.05, 3.63) is 16.1 Å². The summed E-state index contributed by atoms with van der Waals surface area (Å²) in [5, 5.41) is 7.72. The SMILES string of the molecule is CCc1cnc(CNC(=NC)NCC2(C)CCCO2)s1. The number of guanidine groups is 1. The molecule has 0 aromatic carbocycles. The largest absolute Gasteiger partial charge is 0.373 e. The van der Waals surface area contributed by atoms with Crippen LogP contribution in [0.15, 0.2) is 11.2 Å². The average Bonchev–Trinajstić information content (AvgIpc) is 3.08. The van der Waals surface area contributed by atoms with Crippen LogP contribution in [0, 0.1) is 0 Å². The average molecular weight is 296 g/mol. The zero-order chi connectivity index (χ0) is 14.4. The summed E-state index contributed by atoms with van der Waals surface area (Å²) in [7, 11) is 1.78. The van der Waals surface area contributed by atoms with Crippen LogP contribution >= 0.6 is 11.3 Å². The molecule has 2 rings (SSSR count). The highest BCUT2D eigenvalue weighted by Crippen LogP contribution is 2.23. The molecule has 20 heavy (non-hydrogen) atoms. The van der Waals surface area contributed by atoms with Gasteiger partial charge in [-0.25, -0.2) is 4.98 Å². The van der Waals surface area contributed by atoms with E-state index in [-0.39, 0.29) is 5.60 Å². The maximum absolute atomic E-state index is 5.76. The first-order valence-electron chi connectivity index (χ1n) is 7.17. The summed E-state index contributed by atoms with van der Waals surface area (Å²) in [6, 6.07) is 0.